The van der Waals surface area contributed by atoms with Crippen molar-refractivity contribution in [2.45, 2.75) is 103 Å². The lowest BCUT2D eigenvalue weighted by Crippen LogP contribution is -2.29. The quantitative estimate of drug-likeness (QED) is 0.333. The molecule has 0 saturated heterocycles. The minimum Gasteiger partial charge on any atom is -0.390 e. The summed E-state index contributed by atoms with van der Waals surface area (Å²) >= 11 is 0. The Morgan fingerprint density at radius 2 is 1.35 bits per heavy atom. The second kappa shape index (κ2) is 11.8. The summed E-state index contributed by atoms with van der Waals surface area (Å²) in [5.74, 6) is 0. The van der Waals surface area contributed by atoms with Crippen molar-refractivity contribution < 1.29 is 15.3 Å². The van der Waals surface area contributed by atoms with E-state index < -0.39 is 11.9 Å². The highest BCUT2D eigenvalue weighted by Crippen LogP contribution is 2.38. The Hall–Kier alpha value is -1.68. The van der Waals surface area contributed by atoms with Crippen LogP contribution < -0.4 is 0 Å². The molecule has 0 spiro atoms. The van der Waals surface area contributed by atoms with Gasteiger partial charge in [0, 0.05) is 5.56 Å². The Kier molecular flexibility index (Phi) is 9.74. The molecule has 0 amide bonds. The van der Waals surface area contributed by atoms with Crippen molar-refractivity contribution in [3.05, 3.63) is 70.8 Å². The van der Waals surface area contributed by atoms with Gasteiger partial charge in [-0.15, -0.1) is 0 Å². The first-order chi connectivity index (χ1) is 14.8. The van der Waals surface area contributed by atoms with Crippen LogP contribution in [0.25, 0.3) is 0 Å². The minimum absolute atomic E-state index is 0.164. The molecule has 0 fully saturated rings. The van der Waals surface area contributed by atoms with E-state index in [1.807, 2.05) is 12.1 Å². The number of aliphatic hydroxyl groups excluding tert-OH is 1. The van der Waals surface area contributed by atoms with Gasteiger partial charge in [0.15, 0.2) is 6.29 Å². The zero-order chi connectivity index (χ0) is 22.9. The highest BCUT2D eigenvalue weighted by molar-refractivity contribution is 5.31. The Morgan fingerprint density at radius 1 is 0.742 bits per heavy atom. The molecule has 0 unspecified atom stereocenters. The summed E-state index contributed by atoms with van der Waals surface area (Å²) in [7, 11) is 0. The van der Waals surface area contributed by atoms with Crippen LogP contribution in [0.5, 0.6) is 0 Å². The fourth-order valence-electron chi connectivity index (χ4n) is 4.72. The van der Waals surface area contributed by atoms with Crippen molar-refractivity contribution in [1.29, 1.82) is 0 Å². The molecular weight excluding hydrogens is 384 g/mol. The zero-order valence-electron chi connectivity index (χ0n) is 19.9. The van der Waals surface area contributed by atoms with E-state index in [9.17, 15) is 15.3 Å². The van der Waals surface area contributed by atoms with E-state index in [1.165, 1.54) is 16.7 Å². The molecular formula is C28H42O3. The fraction of sp³-hybridized carbons (Fsp3) is 0.571. The van der Waals surface area contributed by atoms with E-state index in [-0.39, 0.29) is 5.41 Å². The normalized spacial score (nSPS) is 12.5. The number of benzene rings is 2. The van der Waals surface area contributed by atoms with Crippen LogP contribution in [0.4, 0.5) is 0 Å². The summed E-state index contributed by atoms with van der Waals surface area (Å²) in [6.45, 7) is 8.75. The molecule has 2 aromatic carbocycles. The van der Waals surface area contributed by atoms with E-state index in [2.05, 4.69) is 52.0 Å². The van der Waals surface area contributed by atoms with E-state index in [0.717, 1.165) is 57.8 Å². The first kappa shape index (κ1) is 25.6. The van der Waals surface area contributed by atoms with E-state index in [0.29, 0.717) is 5.56 Å². The summed E-state index contributed by atoms with van der Waals surface area (Å²) < 4.78 is 0. The molecule has 0 radical (unpaired) electrons. The highest BCUT2D eigenvalue weighted by Gasteiger charge is 2.30. The maximum atomic E-state index is 10.7. The van der Waals surface area contributed by atoms with Gasteiger partial charge in [0.1, 0.15) is 0 Å². The van der Waals surface area contributed by atoms with Gasteiger partial charge >= 0.3 is 0 Å². The topological polar surface area (TPSA) is 60.7 Å². The van der Waals surface area contributed by atoms with E-state index in [4.69, 9.17) is 0 Å². The standard InChI is InChI=1S/C28H42O3/c1-5-27(6-2,19-10-20-28(31,7-3)8-4)25-12-9-11-23(21-25)14-13-22-15-17-24(18-16-22)26(29)30/h9,11-12,15-18,21,26,29-31H,5-8,10,13-14,19-20H2,1-4H3. The maximum Gasteiger partial charge on any atom is 0.178 e. The van der Waals surface area contributed by atoms with E-state index in [1.54, 1.807) is 12.1 Å². The molecule has 2 rings (SSSR count). The summed E-state index contributed by atoms with van der Waals surface area (Å²) in [6.07, 6.45) is 7.37. The van der Waals surface area contributed by atoms with Crippen molar-refractivity contribution in [3.63, 3.8) is 0 Å². The number of aliphatic hydroxyl groups is 3. The lowest BCUT2D eigenvalue weighted by molar-refractivity contribution is -0.0424. The molecule has 0 aliphatic carbocycles. The lowest BCUT2D eigenvalue weighted by Gasteiger charge is -2.34. The van der Waals surface area contributed by atoms with Crippen LogP contribution in [-0.4, -0.2) is 20.9 Å². The molecule has 0 bridgehead atoms. The van der Waals surface area contributed by atoms with Gasteiger partial charge in [0.05, 0.1) is 5.60 Å². The molecule has 0 saturated carbocycles. The zero-order valence-corrected chi connectivity index (χ0v) is 19.9. The van der Waals surface area contributed by atoms with Crippen molar-refractivity contribution >= 4 is 0 Å². The SMILES string of the molecule is CCC(O)(CC)CCCC(CC)(CC)c1cccc(CCc2ccc(C(O)O)cc2)c1. The van der Waals surface area contributed by atoms with Crippen molar-refractivity contribution in [2.75, 3.05) is 0 Å². The molecule has 3 heteroatoms. The molecule has 0 aromatic heterocycles. The monoisotopic (exact) mass is 426 g/mol. The van der Waals surface area contributed by atoms with Gasteiger partial charge in [-0.3, -0.25) is 0 Å². The van der Waals surface area contributed by atoms with Gasteiger partial charge in [-0.2, -0.15) is 0 Å². The fourth-order valence-corrected chi connectivity index (χ4v) is 4.72. The van der Waals surface area contributed by atoms with Crippen LogP contribution in [0.1, 0.15) is 101 Å². The van der Waals surface area contributed by atoms with Crippen LogP contribution >= 0.6 is 0 Å². The smallest absolute Gasteiger partial charge is 0.178 e. The largest absolute Gasteiger partial charge is 0.390 e. The first-order valence-corrected chi connectivity index (χ1v) is 12.1. The van der Waals surface area contributed by atoms with Crippen molar-refractivity contribution in [3.8, 4) is 0 Å². The Labute approximate surface area is 189 Å². The van der Waals surface area contributed by atoms with Crippen LogP contribution in [0.15, 0.2) is 48.5 Å². The number of aryl methyl sites for hydroxylation is 2. The van der Waals surface area contributed by atoms with Gasteiger partial charge in [0.25, 0.3) is 0 Å². The van der Waals surface area contributed by atoms with Gasteiger partial charge < -0.3 is 15.3 Å². The molecule has 0 atom stereocenters. The van der Waals surface area contributed by atoms with Gasteiger partial charge in [-0.05, 0) is 79.9 Å². The van der Waals surface area contributed by atoms with E-state index >= 15 is 0 Å². The molecule has 0 aliphatic heterocycles. The second-order valence-electron chi connectivity index (χ2n) is 9.09. The molecule has 3 nitrogen and oxygen atoms in total. The molecule has 172 valence electrons. The molecule has 0 heterocycles. The predicted molar refractivity (Wildman–Crippen MR) is 129 cm³/mol. The first-order valence-electron chi connectivity index (χ1n) is 12.1. The minimum atomic E-state index is -1.41. The number of hydrogen-bond acceptors (Lipinski definition) is 3. The van der Waals surface area contributed by atoms with Gasteiger partial charge in [0.2, 0.25) is 0 Å². The predicted octanol–water partition coefficient (Wildman–Crippen LogP) is 6.23. The average molecular weight is 427 g/mol. The van der Waals surface area contributed by atoms with Crippen LogP contribution in [0.2, 0.25) is 0 Å². The number of rotatable bonds is 13. The van der Waals surface area contributed by atoms with Crippen LogP contribution in [0.3, 0.4) is 0 Å². The Balaban J connectivity index is 2.08. The molecule has 0 aliphatic rings. The summed E-state index contributed by atoms with van der Waals surface area (Å²) in [4.78, 5) is 0. The lowest BCUT2D eigenvalue weighted by atomic mass is 9.71. The second-order valence-corrected chi connectivity index (χ2v) is 9.09. The molecule has 31 heavy (non-hydrogen) atoms. The third kappa shape index (κ3) is 6.90. The molecule has 3 N–H and O–H groups in total. The van der Waals surface area contributed by atoms with Gasteiger partial charge in [-0.25, -0.2) is 0 Å². The maximum absolute atomic E-state index is 10.7. The highest BCUT2D eigenvalue weighted by atomic mass is 16.5. The number of hydrogen-bond donors (Lipinski definition) is 3. The van der Waals surface area contributed by atoms with Crippen LogP contribution in [-0.2, 0) is 18.3 Å². The van der Waals surface area contributed by atoms with Crippen LogP contribution in [0, 0.1) is 0 Å². The third-order valence-corrected chi connectivity index (χ3v) is 7.49. The van der Waals surface area contributed by atoms with Gasteiger partial charge in [-0.1, -0.05) is 76.2 Å². The van der Waals surface area contributed by atoms with Crippen molar-refractivity contribution in [1.82, 2.24) is 0 Å². The third-order valence-electron chi connectivity index (χ3n) is 7.49. The summed E-state index contributed by atoms with van der Waals surface area (Å²) in [6, 6.07) is 16.6. The Bertz CT molecular complexity index is 771. The Morgan fingerprint density at radius 3 is 1.90 bits per heavy atom. The summed E-state index contributed by atoms with van der Waals surface area (Å²) in [5.41, 5.74) is 4.14. The molecule has 2 aromatic rings. The average Bonchev–Trinajstić information content (AvgIpc) is 2.81. The van der Waals surface area contributed by atoms with Crippen molar-refractivity contribution in [2.24, 2.45) is 0 Å². The summed E-state index contributed by atoms with van der Waals surface area (Å²) in [5, 5.41) is 29.2.